The lowest BCUT2D eigenvalue weighted by molar-refractivity contribution is -0.0500. The van der Waals surface area contributed by atoms with Crippen molar-refractivity contribution < 1.29 is 49.9 Å². The molecule has 12 heteroatoms. The predicted molar refractivity (Wildman–Crippen MR) is 94.0 cm³/mol. The SMILES string of the molecule is COc1ccc(C=O)c(O)c1.COc1ccc(C=O)c(OS(=O)(=O)C(F)(F)F)c1. The Labute approximate surface area is 163 Å². The number of carbonyl (C=O) groups is 2. The van der Waals surface area contributed by atoms with Gasteiger partial charge in [0, 0.05) is 12.1 Å². The first-order valence-electron chi connectivity index (χ1n) is 7.45. The quantitative estimate of drug-likeness (QED) is 0.417. The number of phenolic OH excluding ortho intramolecular Hbond substituents is 1. The van der Waals surface area contributed by atoms with Crippen LogP contribution in [0.4, 0.5) is 13.2 Å². The second-order valence-electron chi connectivity index (χ2n) is 5.05. The van der Waals surface area contributed by atoms with Gasteiger partial charge in [0.2, 0.25) is 0 Å². The minimum Gasteiger partial charge on any atom is -0.507 e. The predicted octanol–water partition coefficient (Wildman–Crippen LogP) is 2.95. The molecule has 0 aliphatic heterocycles. The third-order valence-electron chi connectivity index (χ3n) is 3.20. The molecule has 0 radical (unpaired) electrons. The van der Waals surface area contributed by atoms with Gasteiger partial charge in [-0.1, -0.05) is 0 Å². The zero-order valence-electron chi connectivity index (χ0n) is 15.0. The lowest BCUT2D eigenvalue weighted by atomic mass is 10.2. The van der Waals surface area contributed by atoms with Crippen molar-refractivity contribution in [1.29, 1.82) is 0 Å². The van der Waals surface area contributed by atoms with Crippen molar-refractivity contribution in [2.24, 2.45) is 0 Å². The number of hydrogen-bond acceptors (Lipinski definition) is 8. The number of aldehydes is 2. The number of ether oxygens (including phenoxy) is 2. The Bertz CT molecular complexity index is 971. The molecule has 0 spiro atoms. The Hall–Kier alpha value is -3.28. The number of methoxy groups -OCH3 is 2. The molecule has 0 saturated carbocycles. The van der Waals surface area contributed by atoms with Crippen molar-refractivity contribution in [3.05, 3.63) is 47.5 Å². The van der Waals surface area contributed by atoms with Gasteiger partial charge in [0.25, 0.3) is 0 Å². The molecule has 2 aromatic rings. The van der Waals surface area contributed by atoms with Crippen LogP contribution in [0.25, 0.3) is 0 Å². The number of benzene rings is 2. The normalized spacial score (nSPS) is 10.9. The first kappa shape index (κ1) is 23.8. The van der Waals surface area contributed by atoms with Crippen LogP contribution < -0.4 is 13.7 Å². The molecule has 0 aliphatic carbocycles. The Kier molecular flexibility index (Phi) is 8.01. The molecule has 0 heterocycles. The highest BCUT2D eigenvalue weighted by atomic mass is 32.2. The van der Waals surface area contributed by atoms with Crippen molar-refractivity contribution in [3.8, 4) is 23.0 Å². The van der Waals surface area contributed by atoms with E-state index in [4.69, 9.17) is 9.84 Å². The fraction of sp³-hybridized carbons (Fsp3) is 0.176. The van der Waals surface area contributed by atoms with Gasteiger partial charge in [-0.3, -0.25) is 9.59 Å². The van der Waals surface area contributed by atoms with Gasteiger partial charge in [0.1, 0.15) is 17.2 Å². The highest BCUT2D eigenvalue weighted by Gasteiger charge is 2.48. The molecule has 29 heavy (non-hydrogen) atoms. The van der Waals surface area contributed by atoms with Crippen LogP contribution in [0.5, 0.6) is 23.0 Å². The van der Waals surface area contributed by atoms with Gasteiger partial charge in [-0.15, -0.1) is 0 Å². The first-order valence-corrected chi connectivity index (χ1v) is 8.86. The molecule has 0 fully saturated rings. The van der Waals surface area contributed by atoms with Crippen LogP contribution in [0.15, 0.2) is 36.4 Å². The minimum atomic E-state index is -5.82. The molecular formula is C17H15F3O8S. The van der Waals surface area contributed by atoms with E-state index in [2.05, 4.69) is 8.92 Å². The third-order valence-corrected chi connectivity index (χ3v) is 4.16. The van der Waals surface area contributed by atoms with Crippen molar-refractivity contribution in [2.75, 3.05) is 14.2 Å². The summed E-state index contributed by atoms with van der Waals surface area (Å²) >= 11 is 0. The molecule has 0 atom stereocenters. The van der Waals surface area contributed by atoms with Crippen LogP contribution in [0.1, 0.15) is 20.7 Å². The Balaban J connectivity index is 0.000000326. The number of aromatic hydroxyl groups is 1. The fourth-order valence-electron chi connectivity index (χ4n) is 1.73. The Morgan fingerprint density at radius 1 is 0.897 bits per heavy atom. The van der Waals surface area contributed by atoms with Gasteiger partial charge in [0.05, 0.1) is 25.3 Å². The van der Waals surface area contributed by atoms with E-state index in [1.54, 1.807) is 6.07 Å². The summed E-state index contributed by atoms with van der Waals surface area (Å²) in [5, 5.41) is 9.11. The van der Waals surface area contributed by atoms with Gasteiger partial charge in [-0.2, -0.15) is 21.6 Å². The van der Waals surface area contributed by atoms with Crippen LogP contribution in [0, 0.1) is 0 Å². The van der Waals surface area contributed by atoms with Crippen LogP contribution in [-0.4, -0.2) is 45.8 Å². The van der Waals surface area contributed by atoms with E-state index >= 15 is 0 Å². The van der Waals surface area contributed by atoms with Crippen LogP contribution in [0.3, 0.4) is 0 Å². The summed E-state index contributed by atoms with van der Waals surface area (Å²) in [6.45, 7) is 0. The summed E-state index contributed by atoms with van der Waals surface area (Å²) in [7, 11) is -3.11. The molecule has 0 saturated heterocycles. The van der Waals surface area contributed by atoms with Gasteiger partial charge < -0.3 is 18.8 Å². The van der Waals surface area contributed by atoms with Gasteiger partial charge in [0.15, 0.2) is 18.3 Å². The van der Waals surface area contributed by atoms with Crippen LogP contribution in [-0.2, 0) is 10.1 Å². The van der Waals surface area contributed by atoms with Crippen LogP contribution in [0.2, 0.25) is 0 Å². The number of halogens is 3. The molecule has 0 aliphatic rings. The summed E-state index contributed by atoms with van der Waals surface area (Å²) in [5.74, 6) is -0.220. The molecule has 0 unspecified atom stereocenters. The van der Waals surface area contributed by atoms with E-state index in [1.807, 2.05) is 0 Å². The Morgan fingerprint density at radius 2 is 1.38 bits per heavy atom. The topological polar surface area (TPSA) is 116 Å². The summed E-state index contributed by atoms with van der Waals surface area (Å²) < 4.78 is 71.3. The smallest absolute Gasteiger partial charge is 0.507 e. The minimum absolute atomic E-state index is 0.0491. The van der Waals surface area contributed by atoms with Gasteiger partial charge >= 0.3 is 15.6 Å². The van der Waals surface area contributed by atoms with E-state index in [1.165, 1.54) is 32.4 Å². The summed E-state index contributed by atoms with van der Waals surface area (Å²) in [6.07, 6.45) is 0.759. The zero-order chi connectivity index (χ0) is 22.2. The van der Waals surface area contributed by atoms with Crippen molar-refractivity contribution in [3.63, 3.8) is 0 Å². The maximum Gasteiger partial charge on any atom is 0.534 e. The van der Waals surface area contributed by atoms with Crippen molar-refractivity contribution in [2.45, 2.75) is 5.51 Å². The number of carbonyl (C=O) groups excluding carboxylic acids is 2. The number of alkyl halides is 3. The standard InChI is InChI=1S/C9H7F3O5S.C8H8O3/c1-16-7-3-2-6(5-13)8(4-7)17-18(14,15)9(10,11)12;1-11-7-3-2-6(5-9)8(10)4-7/h2-5H,1H3;2-5,10H,1H3. The molecule has 2 rings (SSSR count). The van der Waals surface area contributed by atoms with E-state index in [-0.39, 0.29) is 28.9 Å². The molecule has 1 N–H and O–H groups in total. The van der Waals surface area contributed by atoms with E-state index in [0.29, 0.717) is 12.0 Å². The van der Waals surface area contributed by atoms with Crippen molar-refractivity contribution in [1.82, 2.24) is 0 Å². The molecule has 8 nitrogen and oxygen atoms in total. The van der Waals surface area contributed by atoms with Gasteiger partial charge in [-0.05, 0) is 24.3 Å². The second kappa shape index (κ2) is 9.78. The number of rotatable bonds is 6. The summed E-state index contributed by atoms with van der Waals surface area (Å²) in [6, 6.07) is 7.73. The first-order chi connectivity index (χ1) is 13.5. The molecule has 158 valence electrons. The fourth-order valence-corrected chi connectivity index (χ4v) is 2.20. The summed E-state index contributed by atoms with van der Waals surface area (Å²) in [5.41, 5.74) is -5.65. The lowest BCUT2D eigenvalue weighted by Gasteiger charge is -2.11. The van der Waals surface area contributed by atoms with E-state index < -0.39 is 21.4 Å². The number of hydrogen-bond donors (Lipinski definition) is 1. The van der Waals surface area contributed by atoms with Crippen LogP contribution >= 0.6 is 0 Å². The lowest BCUT2D eigenvalue weighted by Crippen LogP contribution is -2.28. The summed E-state index contributed by atoms with van der Waals surface area (Å²) in [4.78, 5) is 20.8. The maximum atomic E-state index is 12.1. The maximum absolute atomic E-state index is 12.1. The van der Waals surface area contributed by atoms with E-state index in [0.717, 1.165) is 12.1 Å². The molecular weight excluding hydrogens is 421 g/mol. The third kappa shape index (κ3) is 6.38. The average Bonchev–Trinajstić information content (AvgIpc) is 2.67. The van der Waals surface area contributed by atoms with Gasteiger partial charge in [-0.25, -0.2) is 0 Å². The highest BCUT2D eigenvalue weighted by molar-refractivity contribution is 7.88. The molecule has 0 amide bonds. The molecule has 0 aromatic heterocycles. The van der Waals surface area contributed by atoms with Crippen molar-refractivity contribution >= 4 is 22.7 Å². The Morgan fingerprint density at radius 3 is 1.79 bits per heavy atom. The molecule has 0 bridgehead atoms. The number of phenols is 1. The molecule has 2 aromatic carbocycles. The highest BCUT2D eigenvalue weighted by Crippen LogP contribution is 2.30. The monoisotopic (exact) mass is 436 g/mol. The zero-order valence-corrected chi connectivity index (χ0v) is 15.8. The largest absolute Gasteiger partial charge is 0.534 e. The second-order valence-corrected chi connectivity index (χ2v) is 6.59. The average molecular weight is 436 g/mol. The van der Waals surface area contributed by atoms with E-state index in [9.17, 15) is 31.2 Å².